The van der Waals surface area contributed by atoms with Gasteiger partial charge < -0.3 is 9.72 Å². The normalized spacial score (nSPS) is 11.0. The first-order chi connectivity index (χ1) is 11.8. The lowest BCUT2D eigenvalue weighted by Crippen LogP contribution is -2.27. The van der Waals surface area contributed by atoms with E-state index in [1.165, 1.54) is 0 Å². The Balaban J connectivity index is 2.14. The van der Waals surface area contributed by atoms with Crippen LogP contribution >= 0.6 is 11.6 Å². The van der Waals surface area contributed by atoms with Crippen molar-refractivity contribution in [3.8, 4) is 0 Å². The van der Waals surface area contributed by atoms with Gasteiger partial charge in [-0.25, -0.2) is 4.79 Å². The number of hydrogen-bond acceptors (Lipinski definition) is 4. The zero-order valence-electron chi connectivity index (χ0n) is 15.0. The Labute approximate surface area is 152 Å². The van der Waals surface area contributed by atoms with E-state index in [1.807, 2.05) is 36.2 Å². The molecule has 1 heterocycles. The van der Waals surface area contributed by atoms with Gasteiger partial charge in [-0.2, -0.15) is 0 Å². The molecule has 0 aliphatic rings. The molecular weight excluding hydrogens is 340 g/mol. The van der Waals surface area contributed by atoms with E-state index >= 15 is 0 Å². The number of carbonyl (C=O) groups excluding carboxylic acids is 2. The predicted molar refractivity (Wildman–Crippen MR) is 98.3 cm³/mol. The summed E-state index contributed by atoms with van der Waals surface area (Å²) in [6.45, 7) is 6.39. The second-order valence-corrected chi connectivity index (χ2v) is 6.50. The van der Waals surface area contributed by atoms with Crippen LogP contribution in [0.3, 0.4) is 0 Å². The average molecular weight is 363 g/mol. The van der Waals surface area contributed by atoms with E-state index in [9.17, 15) is 9.59 Å². The second kappa shape index (κ2) is 8.32. The smallest absolute Gasteiger partial charge is 0.340 e. The van der Waals surface area contributed by atoms with Crippen LogP contribution in [-0.4, -0.2) is 41.8 Å². The second-order valence-electron chi connectivity index (χ2n) is 6.07. The summed E-state index contributed by atoms with van der Waals surface area (Å²) < 4.78 is 5.09. The Hall–Kier alpha value is -2.11. The minimum absolute atomic E-state index is 0.110. The summed E-state index contributed by atoms with van der Waals surface area (Å²) in [5, 5.41) is 0.681. The van der Waals surface area contributed by atoms with Gasteiger partial charge in [0, 0.05) is 23.0 Å². The Kier molecular flexibility index (Phi) is 6.39. The van der Waals surface area contributed by atoms with Crippen LogP contribution in [0, 0.1) is 13.8 Å². The van der Waals surface area contributed by atoms with Crippen LogP contribution in [0.4, 0.5) is 0 Å². The third-order valence-electron chi connectivity index (χ3n) is 3.91. The number of nitrogens with one attached hydrogen (secondary N) is 1. The van der Waals surface area contributed by atoms with Crippen molar-refractivity contribution in [2.45, 2.75) is 27.3 Å². The number of H-pyrrole nitrogens is 1. The largest absolute Gasteiger partial charge is 0.462 e. The maximum atomic E-state index is 12.8. The Morgan fingerprint density at radius 2 is 1.72 bits per heavy atom. The van der Waals surface area contributed by atoms with Crippen molar-refractivity contribution in [2.75, 3.05) is 20.2 Å². The van der Waals surface area contributed by atoms with Gasteiger partial charge in [-0.3, -0.25) is 9.69 Å². The molecule has 0 unspecified atom stereocenters. The van der Waals surface area contributed by atoms with Gasteiger partial charge in [0.25, 0.3) is 0 Å². The molecule has 0 saturated carbocycles. The molecule has 2 aromatic rings. The number of hydrogen-bond donors (Lipinski definition) is 1. The lowest BCUT2D eigenvalue weighted by Gasteiger charge is -2.16. The van der Waals surface area contributed by atoms with Gasteiger partial charge in [-0.15, -0.1) is 0 Å². The molecule has 0 bridgehead atoms. The fraction of sp³-hybridized carbons (Fsp3) is 0.368. The highest BCUT2D eigenvalue weighted by atomic mass is 35.5. The van der Waals surface area contributed by atoms with E-state index in [4.69, 9.17) is 16.3 Å². The molecule has 134 valence electrons. The maximum Gasteiger partial charge on any atom is 0.340 e. The number of aromatic nitrogens is 1. The number of aryl methyl sites for hydroxylation is 2. The quantitative estimate of drug-likeness (QED) is 0.601. The number of esters is 1. The molecule has 25 heavy (non-hydrogen) atoms. The van der Waals surface area contributed by atoms with Crippen molar-refractivity contribution in [1.82, 2.24) is 9.88 Å². The van der Waals surface area contributed by atoms with Gasteiger partial charge in [0.1, 0.15) is 0 Å². The maximum absolute atomic E-state index is 12.8. The number of Topliss-reactive ketones (excluding diaryl/α,β-unsaturated/α-hetero) is 1. The highest BCUT2D eigenvalue weighted by molar-refractivity contribution is 6.30. The number of carbonyl (C=O) groups is 2. The van der Waals surface area contributed by atoms with Crippen molar-refractivity contribution in [3.63, 3.8) is 0 Å². The van der Waals surface area contributed by atoms with Crippen molar-refractivity contribution >= 4 is 23.4 Å². The van der Waals surface area contributed by atoms with E-state index < -0.39 is 5.97 Å². The lowest BCUT2D eigenvalue weighted by atomic mass is 10.0. The molecule has 1 N–H and O–H groups in total. The first-order valence-corrected chi connectivity index (χ1v) is 8.53. The monoisotopic (exact) mass is 362 g/mol. The van der Waals surface area contributed by atoms with Crippen LogP contribution in [-0.2, 0) is 11.3 Å². The van der Waals surface area contributed by atoms with Gasteiger partial charge in [0.2, 0.25) is 0 Å². The topological polar surface area (TPSA) is 62.4 Å². The molecule has 1 aromatic carbocycles. The minimum Gasteiger partial charge on any atom is -0.462 e. The molecule has 0 atom stereocenters. The summed E-state index contributed by atoms with van der Waals surface area (Å²) in [6, 6.07) is 7.51. The number of ketones is 1. The summed E-state index contributed by atoms with van der Waals surface area (Å²) in [5.74, 6) is -0.575. The SMILES string of the molecule is CCOC(=O)c1c(C)[nH]c(C)c1C(=O)CN(C)Cc1ccc(Cl)cc1. The molecule has 0 amide bonds. The zero-order chi connectivity index (χ0) is 18.6. The minimum atomic E-state index is -0.465. The first kappa shape index (κ1) is 19.2. The van der Waals surface area contributed by atoms with Crippen LogP contribution in [0.25, 0.3) is 0 Å². The van der Waals surface area contributed by atoms with Crippen LogP contribution in [0.15, 0.2) is 24.3 Å². The van der Waals surface area contributed by atoms with Gasteiger partial charge in [-0.1, -0.05) is 23.7 Å². The number of rotatable bonds is 7. The highest BCUT2D eigenvalue weighted by Gasteiger charge is 2.25. The van der Waals surface area contributed by atoms with Gasteiger partial charge in [-0.05, 0) is 45.5 Å². The van der Waals surface area contributed by atoms with E-state index in [-0.39, 0.29) is 18.9 Å². The molecule has 0 spiro atoms. The number of benzene rings is 1. The summed E-state index contributed by atoms with van der Waals surface area (Å²) in [7, 11) is 1.87. The fourth-order valence-electron chi connectivity index (χ4n) is 2.87. The average Bonchev–Trinajstić information content (AvgIpc) is 2.84. The molecular formula is C19H23ClN2O3. The fourth-order valence-corrected chi connectivity index (χ4v) is 3.00. The molecule has 5 nitrogen and oxygen atoms in total. The van der Waals surface area contributed by atoms with Gasteiger partial charge in [0.05, 0.1) is 24.3 Å². The Bertz CT molecular complexity index is 766. The van der Waals surface area contributed by atoms with Crippen LogP contribution < -0.4 is 0 Å². The molecule has 0 aliphatic carbocycles. The molecule has 2 rings (SSSR count). The highest BCUT2D eigenvalue weighted by Crippen LogP contribution is 2.21. The lowest BCUT2D eigenvalue weighted by molar-refractivity contribution is 0.0522. The molecule has 1 aromatic heterocycles. The van der Waals surface area contributed by atoms with Crippen molar-refractivity contribution in [1.29, 1.82) is 0 Å². The molecule has 6 heteroatoms. The standard InChI is InChI=1S/C19H23ClN2O3/c1-5-25-19(24)18-13(3)21-12(2)17(18)16(23)11-22(4)10-14-6-8-15(20)9-7-14/h6-9,21H,5,10-11H2,1-4H3. The first-order valence-electron chi connectivity index (χ1n) is 8.16. The third kappa shape index (κ3) is 4.71. The van der Waals surface area contributed by atoms with Crippen molar-refractivity contribution in [2.24, 2.45) is 0 Å². The van der Waals surface area contributed by atoms with E-state index in [2.05, 4.69) is 4.98 Å². The number of ether oxygens (including phenoxy) is 1. The summed E-state index contributed by atoms with van der Waals surface area (Å²) in [6.07, 6.45) is 0. The van der Waals surface area contributed by atoms with Crippen LogP contribution in [0.5, 0.6) is 0 Å². The van der Waals surface area contributed by atoms with Crippen LogP contribution in [0.2, 0.25) is 5.02 Å². The van der Waals surface area contributed by atoms with Gasteiger partial charge >= 0.3 is 5.97 Å². The number of aromatic amines is 1. The van der Waals surface area contributed by atoms with Gasteiger partial charge in [0.15, 0.2) is 5.78 Å². The molecule has 0 aliphatic heterocycles. The van der Waals surface area contributed by atoms with Crippen molar-refractivity contribution < 1.29 is 14.3 Å². The van der Waals surface area contributed by atoms with E-state index in [0.29, 0.717) is 34.1 Å². The summed E-state index contributed by atoms with van der Waals surface area (Å²) in [5.41, 5.74) is 3.15. The number of halogens is 1. The van der Waals surface area contributed by atoms with E-state index in [1.54, 1.807) is 20.8 Å². The molecule has 0 fully saturated rings. The molecule has 0 saturated heterocycles. The third-order valence-corrected chi connectivity index (χ3v) is 4.16. The molecule has 0 radical (unpaired) electrons. The Morgan fingerprint density at radius 3 is 2.32 bits per heavy atom. The Morgan fingerprint density at radius 1 is 1.12 bits per heavy atom. The summed E-state index contributed by atoms with van der Waals surface area (Å²) in [4.78, 5) is 29.9. The number of nitrogens with zero attached hydrogens (tertiary/aromatic N) is 1. The van der Waals surface area contributed by atoms with E-state index in [0.717, 1.165) is 5.56 Å². The zero-order valence-corrected chi connectivity index (χ0v) is 15.7. The van der Waals surface area contributed by atoms with Crippen LogP contribution in [0.1, 0.15) is 44.6 Å². The van der Waals surface area contributed by atoms with Crippen molar-refractivity contribution in [3.05, 3.63) is 57.4 Å². The predicted octanol–water partition coefficient (Wildman–Crippen LogP) is 3.78. The summed E-state index contributed by atoms with van der Waals surface area (Å²) >= 11 is 5.89. The number of likely N-dealkylation sites (N-methyl/N-ethyl adjacent to an activating group) is 1.